The number of para-hydroxylation sites is 1. The maximum atomic E-state index is 13.6. The summed E-state index contributed by atoms with van der Waals surface area (Å²) < 4.78 is 26.5. The second-order valence-corrected chi connectivity index (χ2v) is 5.18. The third-order valence-corrected chi connectivity index (χ3v) is 3.42. The predicted molar refractivity (Wildman–Crippen MR) is 81.7 cm³/mol. The fraction of sp³-hybridized carbons (Fsp3) is 0.118. The molecule has 0 spiro atoms. The molecule has 1 aromatic carbocycles. The van der Waals surface area contributed by atoms with Crippen molar-refractivity contribution in [3.63, 3.8) is 0 Å². The molecular formula is C17H13F2N3O. The lowest BCUT2D eigenvalue weighted by Crippen LogP contribution is -2.28. The van der Waals surface area contributed by atoms with E-state index in [-0.39, 0.29) is 6.54 Å². The van der Waals surface area contributed by atoms with Gasteiger partial charge in [-0.1, -0.05) is 18.2 Å². The van der Waals surface area contributed by atoms with E-state index >= 15 is 0 Å². The fourth-order valence-corrected chi connectivity index (χ4v) is 2.30. The highest BCUT2D eigenvalue weighted by atomic mass is 19.1. The Morgan fingerprint density at radius 2 is 1.91 bits per heavy atom. The van der Waals surface area contributed by atoms with E-state index in [0.29, 0.717) is 6.07 Å². The number of fused-ring (bicyclic) bond motifs is 1. The molecule has 0 radical (unpaired) electrons. The van der Waals surface area contributed by atoms with Gasteiger partial charge < -0.3 is 4.90 Å². The van der Waals surface area contributed by atoms with Crippen molar-refractivity contribution in [3.8, 4) is 0 Å². The zero-order chi connectivity index (χ0) is 16.4. The molecule has 0 saturated heterocycles. The van der Waals surface area contributed by atoms with Crippen LogP contribution in [0.5, 0.6) is 0 Å². The Balaban J connectivity index is 1.81. The van der Waals surface area contributed by atoms with Crippen molar-refractivity contribution in [1.29, 1.82) is 0 Å². The number of pyridine rings is 2. The molecule has 116 valence electrons. The molecule has 2 heterocycles. The van der Waals surface area contributed by atoms with Crippen molar-refractivity contribution in [3.05, 3.63) is 71.7 Å². The van der Waals surface area contributed by atoms with Gasteiger partial charge in [-0.2, -0.15) is 0 Å². The first-order valence-corrected chi connectivity index (χ1v) is 6.95. The normalized spacial score (nSPS) is 10.7. The quantitative estimate of drug-likeness (QED) is 0.746. The number of benzene rings is 1. The minimum atomic E-state index is -0.974. The number of halogens is 2. The zero-order valence-corrected chi connectivity index (χ0v) is 12.3. The average Bonchev–Trinajstić information content (AvgIpc) is 2.54. The highest BCUT2D eigenvalue weighted by Crippen LogP contribution is 2.15. The summed E-state index contributed by atoms with van der Waals surface area (Å²) >= 11 is 0. The van der Waals surface area contributed by atoms with E-state index in [2.05, 4.69) is 9.97 Å². The molecule has 0 bridgehead atoms. The Kier molecular flexibility index (Phi) is 3.97. The minimum absolute atomic E-state index is 0.245. The van der Waals surface area contributed by atoms with E-state index < -0.39 is 23.2 Å². The average molecular weight is 313 g/mol. The second-order valence-electron chi connectivity index (χ2n) is 5.18. The molecule has 6 heteroatoms. The van der Waals surface area contributed by atoms with Crippen LogP contribution in [-0.2, 0) is 6.54 Å². The van der Waals surface area contributed by atoms with Crippen LogP contribution in [0.4, 0.5) is 8.78 Å². The molecule has 0 fully saturated rings. The molecule has 0 atom stereocenters. The van der Waals surface area contributed by atoms with Crippen molar-refractivity contribution in [2.24, 2.45) is 0 Å². The maximum absolute atomic E-state index is 13.6. The standard InChI is InChI=1S/C17H13F2N3O/c1-22(17(23)16-14(19)7-13(18)9-21-16)10-11-6-12-4-2-3-5-15(12)20-8-11/h2-9H,10H2,1H3. The van der Waals surface area contributed by atoms with Gasteiger partial charge in [0, 0.05) is 31.2 Å². The fourth-order valence-electron chi connectivity index (χ4n) is 2.30. The Bertz CT molecular complexity index is 883. The predicted octanol–water partition coefficient (Wildman–Crippen LogP) is 3.18. The van der Waals surface area contributed by atoms with E-state index in [1.54, 1.807) is 6.20 Å². The molecule has 2 aromatic heterocycles. The Morgan fingerprint density at radius 3 is 2.70 bits per heavy atom. The van der Waals surface area contributed by atoms with Crippen LogP contribution in [0.2, 0.25) is 0 Å². The first kappa shape index (κ1) is 15.0. The van der Waals surface area contributed by atoms with Gasteiger partial charge in [-0.15, -0.1) is 0 Å². The van der Waals surface area contributed by atoms with Crippen LogP contribution in [0.25, 0.3) is 10.9 Å². The Hall–Kier alpha value is -2.89. The molecule has 1 amide bonds. The summed E-state index contributed by atoms with van der Waals surface area (Å²) in [5, 5.41) is 0.955. The van der Waals surface area contributed by atoms with Crippen LogP contribution in [0.1, 0.15) is 16.1 Å². The molecule has 4 nitrogen and oxygen atoms in total. The molecule has 0 N–H and O–H groups in total. The van der Waals surface area contributed by atoms with Gasteiger partial charge in [-0.05, 0) is 17.7 Å². The maximum Gasteiger partial charge on any atom is 0.275 e. The molecule has 0 saturated carbocycles. The smallest absolute Gasteiger partial charge is 0.275 e. The number of hydrogen-bond donors (Lipinski definition) is 0. The minimum Gasteiger partial charge on any atom is -0.336 e. The Morgan fingerprint density at radius 1 is 1.13 bits per heavy atom. The van der Waals surface area contributed by atoms with E-state index in [0.717, 1.165) is 22.7 Å². The SMILES string of the molecule is CN(Cc1cnc2ccccc2c1)C(=O)c1ncc(F)cc1F. The second kappa shape index (κ2) is 6.08. The van der Waals surface area contributed by atoms with E-state index in [1.807, 2.05) is 30.3 Å². The third kappa shape index (κ3) is 3.15. The van der Waals surface area contributed by atoms with Crippen LogP contribution in [0.3, 0.4) is 0 Å². The third-order valence-electron chi connectivity index (χ3n) is 3.42. The molecule has 0 aliphatic heterocycles. The molecular weight excluding hydrogens is 300 g/mol. The van der Waals surface area contributed by atoms with E-state index in [9.17, 15) is 13.6 Å². The van der Waals surface area contributed by atoms with Gasteiger partial charge in [0.05, 0.1) is 11.7 Å². The summed E-state index contributed by atoms with van der Waals surface area (Å²) in [6.07, 6.45) is 2.49. The zero-order valence-electron chi connectivity index (χ0n) is 12.3. The summed E-state index contributed by atoms with van der Waals surface area (Å²) in [5.41, 5.74) is 1.26. The number of aromatic nitrogens is 2. The van der Waals surface area contributed by atoms with Crippen LogP contribution >= 0.6 is 0 Å². The van der Waals surface area contributed by atoms with Gasteiger partial charge in [0.1, 0.15) is 5.82 Å². The molecule has 3 aromatic rings. The Labute approximate surface area is 131 Å². The number of carbonyl (C=O) groups excluding carboxylic acids is 1. The molecule has 23 heavy (non-hydrogen) atoms. The number of nitrogens with zero attached hydrogens (tertiary/aromatic N) is 3. The van der Waals surface area contributed by atoms with Crippen molar-refractivity contribution in [2.45, 2.75) is 6.54 Å². The largest absolute Gasteiger partial charge is 0.336 e. The van der Waals surface area contributed by atoms with Crippen molar-refractivity contribution < 1.29 is 13.6 Å². The lowest BCUT2D eigenvalue weighted by atomic mass is 10.1. The highest BCUT2D eigenvalue weighted by molar-refractivity contribution is 5.92. The van der Waals surface area contributed by atoms with Gasteiger partial charge in [0.15, 0.2) is 11.5 Å². The van der Waals surface area contributed by atoms with Crippen molar-refractivity contribution in [1.82, 2.24) is 14.9 Å². The summed E-state index contributed by atoms with van der Waals surface area (Å²) in [5.74, 6) is -2.41. The summed E-state index contributed by atoms with van der Waals surface area (Å²) in [4.78, 5) is 21.4. The highest BCUT2D eigenvalue weighted by Gasteiger charge is 2.18. The lowest BCUT2D eigenvalue weighted by Gasteiger charge is -2.17. The monoisotopic (exact) mass is 313 g/mol. The topological polar surface area (TPSA) is 46.1 Å². The molecule has 0 aliphatic carbocycles. The summed E-state index contributed by atoms with van der Waals surface area (Å²) in [6.45, 7) is 0.245. The van der Waals surface area contributed by atoms with E-state index in [4.69, 9.17) is 0 Å². The van der Waals surface area contributed by atoms with Crippen LogP contribution in [0, 0.1) is 11.6 Å². The molecule has 0 aliphatic rings. The number of rotatable bonds is 3. The van der Waals surface area contributed by atoms with Gasteiger partial charge in [0.2, 0.25) is 0 Å². The first-order chi connectivity index (χ1) is 11.0. The van der Waals surface area contributed by atoms with Crippen LogP contribution < -0.4 is 0 Å². The van der Waals surface area contributed by atoms with Crippen LogP contribution in [0.15, 0.2) is 48.8 Å². The van der Waals surface area contributed by atoms with Gasteiger partial charge in [-0.25, -0.2) is 13.8 Å². The van der Waals surface area contributed by atoms with Crippen molar-refractivity contribution >= 4 is 16.8 Å². The van der Waals surface area contributed by atoms with Gasteiger partial charge >= 0.3 is 0 Å². The number of carbonyl (C=O) groups is 1. The molecule has 0 unspecified atom stereocenters. The first-order valence-electron chi connectivity index (χ1n) is 6.95. The lowest BCUT2D eigenvalue weighted by molar-refractivity contribution is 0.0774. The van der Waals surface area contributed by atoms with Crippen molar-refractivity contribution in [2.75, 3.05) is 7.05 Å². The summed E-state index contributed by atoms with van der Waals surface area (Å²) in [7, 11) is 1.53. The molecule has 3 rings (SSSR count). The van der Waals surface area contributed by atoms with Gasteiger partial charge in [-0.3, -0.25) is 9.78 Å². The number of amides is 1. The van der Waals surface area contributed by atoms with Gasteiger partial charge in [0.25, 0.3) is 5.91 Å². The van der Waals surface area contributed by atoms with E-state index in [1.165, 1.54) is 11.9 Å². The number of hydrogen-bond acceptors (Lipinski definition) is 3. The summed E-state index contributed by atoms with van der Waals surface area (Å²) in [6, 6.07) is 10.2. The van der Waals surface area contributed by atoms with Crippen LogP contribution in [-0.4, -0.2) is 27.8 Å².